The molecule has 112 valence electrons. The van der Waals surface area contributed by atoms with Gasteiger partial charge in [-0.1, -0.05) is 23.2 Å². The second kappa shape index (κ2) is 6.22. The van der Waals surface area contributed by atoms with Crippen molar-refractivity contribution in [1.29, 1.82) is 0 Å². The number of pyridine rings is 1. The summed E-state index contributed by atoms with van der Waals surface area (Å²) >= 11 is 12.0. The summed E-state index contributed by atoms with van der Waals surface area (Å²) in [6.07, 6.45) is 5.86. The van der Waals surface area contributed by atoms with E-state index in [-0.39, 0.29) is 18.4 Å². The van der Waals surface area contributed by atoms with E-state index in [2.05, 4.69) is 15.6 Å². The maximum atomic E-state index is 12.1. The van der Waals surface area contributed by atoms with Crippen LogP contribution >= 0.6 is 23.2 Å². The third-order valence-electron chi connectivity index (χ3n) is 3.53. The molecule has 2 aromatic heterocycles. The summed E-state index contributed by atoms with van der Waals surface area (Å²) in [5.41, 5.74) is 1.30. The van der Waals surface area contributed by atoms with Crippen LogP contribution in [0.2, 0.25) is 10.0 Å². The van der Waals surface area contributed by atoms with Crippen LogP contribution in [0.15, 0.2) is 18.5 Å². The highest BCUT2D eigenvalue weighted by Crippen LogP contribution is 2.21. The van der Waals surface area contributed by atoms with E-state index in [1.54, 1.807) is 22.9 Å². The first kappa shape index (κ1) is 14.6. The molecule has 0 unspecified atom stereocenters. The molecule has 0 aromatic carbocycles. The molecule has 7 heteroatoms. The lowest BCUT2D eigenvalue weighted by Gasteiger charge is -2.23. The van der Waals surface area contributed by atoms with E-state index in [0.29, 0.717) is 21.4 Å². The number of nitrogens with zero attached hydrogens (tertiary/aromatic N) is 2. The van der Waals surface area contributed by atoms with Crippen LogP contribution in [-0.2, 0) is 11.2 Å². The summed E-state index contributed by atoms with van der Waals surface area (Å²) in [5.74, 6) is -0.0191. The molecule has 1 saturated heterocycles. The molecule has 2 aromatic rings. The number of carbonyl (C=O) groups excluding carboxylic acids is 1. The van der Waals surface area contributed by atoms with Gasteiger partial charge in [-0.3, -0.25) is 4.79 Å². The smallest absolute Gasteiger partial charge is 0.226 e. The quantitative estimate of drug-likeness (QED) is 0.907. The first-order chi connectivity index (χ1) is 10.1. The van der Waals surface area contributed by atoms with Crippen LogP contribution in [0.4, 0.5) is 0 Å². The number of carbonyl (C=O) groups is 1. The molecule has 0 radical (unpaired) electrons. The number of hydrogen-bond donors (Lipinski definition) is 2. The lowest BCUT2D eigenvalue weighted by molar-refractivity contribution is -0.121. The lowest BCUT2D eigenvalue weighted by Crippen LogP contribution is -2.46. The van der Waals surface area contributed by atoms with Crippen LogP contribution < -0.4 is 10.6 Å². The minimum atomic E-state index is -0.0191. The average Bonchev–Trinajstić information content (AvgIpc) is 2.82. The van der Waals surface area contributed by atoms with Crippen LogP contribution in [0.5, 0.6) is 0 Å². The van der Waals surface area contributed by atoms with Gasteiger partial charge in [0.15, 0.2) is 5.65 Å². The molecule has 21 heavy (non-hydrogen) atoms. The van der Waals surface area contributed by atoms with Gasteiger partial charge in [0.1, 0.15) is 0 Å². The van der Waals surface area contributed by atoms with Crippen molar-refractivity contribution in [2.75, 3.05) is 13.1 Å². The highest BCUT2D eigenvalue weighted by molar-refractivity contribution is 6.36. The zero-order valence-electron chi connectivity index (χ0n) is 11.4. The van der Waals surface area contributed by atoms with Crippen molar-refractivity contribution in [3.63, 3.8) is 0 Å². The van der Waals surface area contributed by atoms with E-state index in [1.807, 2.05) is 0 Å². The monoisotopic (exact) mass is 326 g/mol. The fourth-order valence-electron chi connectivity index (χ4n) is 2.58. The molecule has 1 aliphatic heterocycles. The Morgan fingerprint density at radius 1 is 1.48 bits per heavy atom. The predicted molar refractivity (Wildman–Crippen MR) is 83.0 cm³/mol. The SMILES string of the molecule is O=C(Cc1cn2cc(Cl)cc(Cl)c2n1)N[C@H]1CCCNC1. The van der Waals surface area contributed by atoms with Crippen molar-refractivity contribution in [2.24, 2.45) is 0 Å². The van der Waals surface area contributed by atoms with E-state index in [9.17, 15) is 4.79 Å². The molecule has 0 aliphatic carbocycles. The third-order valence-corrected chi connectivity index (χ3v) is 4.01. The summed E-state index contributed by atoms with van der Waals surface area (Å²) in [6, 6.07) is 1.85. The van der Waals surface area contributed by atoms with Gasteiger partial charge in [0.25, 0.3) is 0 Å². The third kappa shape index (κ3) is 3.48. The normalized spacial score (nSPS) is 18.9. The summed E-state index contributed by atoms with van der Waals surface area (Å²) in [4.78, 5) is 16.4. The molecule has 1 atom stereocenters. The van der Waals surface area contributed by atoms with Gasteiger partial charge in [0.05, 0.1) is 22.2 Å². The number of fused-ring (bicyclic) bond motifs is 1. The molecule has 0 bridgehead atoms. The van der Waals surface area contributed by atoms with Crippen molar-refractivity contribution < 1.29 is 4.79 Å². The van der Waals surface area contributed by atoms with Gasteiger partial charge in [0.2, 0.25) is 5.91 Å². The number of nitrogens with one attached hydrogen (secondary N) is 2. The molecule has 1 fully saturated rings. The Labute approximate surface area is 132 Å². The number of imidazole rings is 1. The van der Waals surface area contributed by atoms with Gasteiger partial charge < -0.3 is 15.0 Å². The van der Waals surface area contributed by atoms with Crippen LogP contribution in [-0.4, -0.2) is 34.4 Å². The average molecular weight is 327 g/mol. The zero-order chi connectivity index (χ0) is 14.8. The first-order valence-electron chi connectivity index (χ1n) is 6.94. The van der Waals surface area contributed by atoms with Gasteiger partial charge in [-0.25, -0.2) is 4.98 Å². The number of piperidine rings is 1. The summed E-state index contributed by atoms with van der Waals surface area (Å²) < 4.78 is 1.75. The summed E-state index contributed by atoms with van der Waals surface area (Å²) in [6.45, 7) is 1.86. The van der Waals surface area contributed by atoms with E-state index in [1.165, 1.54) is 0 Å². The molecule has 0 saturated carbocycles. The Morgan fingerprint density at radius 3 is 3.10 bits per heavy atom. The van der Waals surface area contributed by atoms with E-state index < -0.39 is 0 Å². The Hall–Kier alpha value is -1.30. The largest absolute Gasteiger partial charge is 0.352 e. The van der Waals surface area contributed by atoms with Crippen molar-refractivity contribution in [2.45, 2.75) is 25.3 Å². The number of rotatable bonds is 3. The van der Waals surface area contributed by atoms with E-state index in [4.69, 9.17) is 23.2 Å². The molecular formula is C14H16Cl2N4O. The second-order valence-electron chi connectivity index (χ2n) is 5.26. The molecule has 1 amide bonds. The molecule has 5 nitrogen and oxygen atoms in total. The van der Waals surface area contributed by atoms with Gasteiger partial charge in [0, 0.05) is 25.0 Å². The molecule has 0 spiro atoms. The fraction of sp³-hybridized carbons (Fsp3) is 0.429. The molecule has 3 rings (SSSR count). The zero-order valence-corrected chi connectivity index (χ0v) is 12.9. The predicted octanol–water partition coefficient (Wildman–Crippen LogP) is 2.05. The van der Waals surface area contributed by atoms with Crippen molar-refractivity contribution in [3.8, 4) is 0 Å². The van der Waals surface area contributed by atoms with Crippen LogP contribution in [0.1, 0.15) is 18.5 Å². The summed E-state index contributed by atoms with van der Waals surface area (Å²) in [7, 11) is 0. The van der Waals surface area contributed by atoms with Crippen molar-refractivity contribution >= 4 is 34.8 Å². The van der Waals surface area contributed by atoms with Crippen LogP contribution in [0.25, 0.3) is 5.65 Å². The number of halogens is 2. The van der Waals surface area contributed by atoms with Gasteiger partial charge in [-0.05, 0) is 25.5 Å². The number of amides is 1. The van der Waals surface area contributed by atoms with Gasteiger partial charge >= 0.3 is 0 Å². The summed E-state index contributed by atoms with van der Waals surface area (Å²) in [5, 5.41) is 7.31. The Kier molecular flexibility index (Phi) is 4.33. The lowest BCUT2D eigenvalue weighted by atomic mass is 10.1. The van der Waals surface area contributed by atoms with E-state index >= 15 is 0 Å². The van der Waals surface area contributed by atoms with Crippen molar-refractivity contribution in [1.82, 2.24) is 20.0 Å². The first-order valence-corrected chi connectivity index (χ1v) is 7.70. The molecule has 2 N–H and O–H groups in total. The second-order valence-corrected chi connectivity index (χ2v) is 6.10. The van der Waals surface area contributed by atoms with Crippen molar-refractivity contribution in [3.05, 3.63) is 34.2 Å². The maximum Gasteiger partial charge on any atom is 0.226 e. The highest BCUT2D eigenvalue weighted by Gasteiger charge is 2.16. The van der Waals surface area contributed by atoms with Gasteiger partial charge in [-0.15, -0.1) is 0 Å². The standard InChI is InChI=1S/C14H16Cl2N4O/c15-9-4-12(16)14-19-11(8-20(14)7-9)5-13(21)18-10-2-1-3-17-6-10/h4,7-8,10,17H,1-3,5-6H2,(H,18,21)/t10-/m0/s1. The Morgan fingerprint density at radius 2 is 2.33 bits per heavy atom. The maximum absolute atomic E-state index is 12.1. The van der Waals surface area contributed by atoms with E-state index in [0.717, 1.165) is 25.9 Å². The number of aromatic nitrogens is 2. The molecule has 1 aliphatic rings. The minimum Gasteiger partial charge on any atom is -0.352 e. The van der Waals surface area contributed by atoms with Crippen LogP contribution in [0.3, 0.4) is 0 Å². The molecule has 3 heterocycles. The topological polar surface area (TPSA) is 58.4 Å². The molecular weight excluding hydrogens is 311 g/mol. The van der Waals surface area contributed by atoms with Gasteiger partial charge in [-0.2, -0.15) is 0 Å². The van der Waals surface area contributed by atoms with Crippen LogP contribution in [0, 0.1) is 0 Å². The number of hydrogen-bond acceptors (Lipinski definition) is 3. The Balaban J connectivity index is 1.69. The fourth-order valence-corrected chi connectivity index (χ4v) is 3.11. The minimum absolute atomic E-state index is 0.0191. The highest BCUT2D eigenvalue weighted by atomic mass is 35.5. The Bertz CT molecular complexity index is 664.